The molecule has 0 aliphatic carbocycles. The highest BCUT2D eigenvalue weighted by atomic mass is 32.2. The molecule has 0 saturated carbocycles. The third-order valence-electron chi connectivity index (χ3n) is 3.30. The van der Waals surface area contributed by atoms with Gasteiger partial charge in [0.05, 0.1) is 11.0 Å². The van der Waals surface area contributed by atoms with Gasteiger partial charge in [0, 0.05) is 16.8 Å². The highest BCUT2D eigenvalue weighted by Gasteiger charge is 2.13. The summed E-state index contributed by atoms with van der Waals surface area (Å²) in [7, 11) is 1.46. The van der Waals surface area contributed by atoms with Gasteiger partial charge in [0.25, 0.3) is 0 Å². The van der Waals surface area contributed by atoms with Gasteiger partial charge in [0.2, 0.25) is 5.95 Å². The van der Waals surface area contributed by atoms with Gasteiger partial charge in [0.1, 0.15) is 0 Å². The van der Waals surface area contributed by atoms with Crippen molar-refractivity contribution in [3.05, 3.63) is 48.0 Å². The number of benzene rings is 2. The molecule has 3 aromatic rings. The van der Waals surface area contributed by atoms with E-state index in [2.05, 4.69) is 41.2 Å². The number of amides is 1. The predicted molar refractivity (Wildman–Crippen MR) is 87.8 cm³/mol. The molecule has 5 nitrogen and oxygen atoms in total. The molecule has 0 atom stereocenters. The van der Waals surface area contributed by atoms with Crippen LogP contribution in [0.15, 0.2) is 52.3 Å². The second kappa shape index (κ2) is 5.73. The Kier molecular flexibility index (Phi) is 3.77. The first-order valence-electron chi connectivity index (χ1n) is 6.74. The van der Waals surface area contributed by atoms with Gasteiger partial charge in [-0.05, 0) is 37.3 Å². The topological polar surface area (TPSA) is 69.2 Å². The zero-order valence-corrected chi connectivity index (χ0v) is 13.0. The van der Waals surface area contributed by atoms with Gasteiger partial charge in [-0.2, -0.15) is 0 Å². The third kappa shape index (κ3) is 2.92. The molecule has 112 valence electrons. The van der Waals surface area contributed by atoms with Crippen molar-refractivity contribution >= 4 is 34.8 Å². The maximum atomic E-state index is 11.0. The highest BCUT2D eigenvalue weighted by molar-refractivity contribution is 7.99. The van der Waals surface area contributed by atoms with Crippen LogP contribution >= 0.6 is 11.8 Å². The molecule has 2 N–H and O–H groups in total. The lowest BCUT2D eigenvalue weighted by Crippen LogP contribution is -2.24. The van der Waals surface area contributed by atoms with E-state index in [4.69, 9.17) is 5.11 Å². The number of fused-ring (bicyclic) bond motifs is 1. The Morgan fingerprint density at radius 2 is 1.86 bits per heavy atom. The number of aromatic nitrogens is 2. The fraction of sp³-hybridized carbons (Fsp3) is 0.125. The molecule has 0 spiro atoms. The fourth-order valence-corrected chi connectivity index (χ4v) is 2.88. The van der Waals surface area contributed by atoms with Gasteiger partial charge in [-0.3, -0.25) is 4.90 Å². The molecular formula is C16H15N3O2S. The largest absolute Gasteiger partial charge is 0.465 e. The average Bonchev–Trinajstić information content (AvgIpc) is 2.91. The predicted octanol–water partition coefficient (Wildman–Crippen LogP) is 4.14. The van der Waals surface area contributed by atoms with Gasteiger partial charge in [-0.1, -0.05) is 29.5 Å². The molecule has 0 aliphatic rings. The molecule has 6 heteroatoms. The van der Waals surface area contributed by atoms with E-state index in [1.165, 1.54) is 12.6 Å². The van der Waals surface area contributed by atoms with Crippen molar-refractivity contribution in [2.24, 2.45) is 0 Å². The van der Waals surface area contributed by atoms with Crippen molar-refractivity contribution < 1.29 is 9.90 Å². The van der Waals surface area contributed by atoms with Crippen LogP contribution in [-0.2, 0) is 0 Å². The molecule has 0 saturated heterocycles. The molecule has 1 aromatic heterocycles. The lowest BCUT2D eigenvalue weighted by Gasteiger charge is -2.07. The van der Waals surface area contributed by atoms with Crippen LogP contribution in [0.5, 0.6) is 0 Å². The molecule has 0 radical (unpaired) electrons. The molecule has 1 amide bonds. The van der Waals surface area contributed by atoms with E-state index in [1.54, 1.807) is 11.8 Å². The van der Waals surface area contributed by atoms with Gasteiger partial charge >= 0.3 is 6.09 Å². The van der Waals surface area contributed by atoms with Crippen LogP contribution < -0.4 is 4.90 Å². The number of hydrogen-bond donors (Lipinski definition) is 2. The summed E-state index contributed by atoms with van der Waals surface area (Å²) in [6.45, 7) is 2.06. The number of nitrogens with one attached hydrogen (secondary N) is 1. The lowest BCUT2D eigenvalue weighted by molar-refractivity contribution is 0.203. The number of anilines is 1. The summed E-state index contributed by atoms with van der Waals surface area (Å²) in [5, 5.41) is 8.99. The van der Waals surface area contributed by atoms with E-state index in [0.29, 0.717) is 5.95 Å². The summed E-state index contributed by atoms with van der Waals surface area (Å²) in [6.07, 6.45) is -1.05. The molecule has 3 rings (SSSR count). The first kappa shape index (κ1) is 14.5. The standard InChI is InChI=1S/C16H15N3O2S/c1-10-3-5-11(6-4-10)22-12-7-8-13-14(9-12)18-15(17-13)19(2)16(20)21/h3-9H,1-2H3,(H,17,18)(H,20,21). The van der Waals surface area contributed by atoms with E-state index in [0.717, 1.165) is 25.7 Å². The minimum atomic E-state index is -1.05. The molecular weight excluding hydrogens is 298 g/mol. The maximum absolute atomic E-state index is 11.0. The van der Waals surface area contributed by atoms with Crippen molar-refractivity contribution in [1.29, 1.82) is 0 Å². The Hall–Kier alpha value is -2.47. The Balaban J connectivity index is 1.89. The SMILES string of the molecule is Cc1ccc(Sc2ccc3[nH]c(N(C)C(=O)O)nc3c2)cc1. The van der Waals surface area contributed by atoms with Gasteiger partial charge in [0.15, 0.2) is 0 Å². The number of carbonyl (C=O) groups is 1. The van der Waals surface area contributed by atoms with Crippen molar-refractivity contribution in [2.45, 2.75) is 16.7 Å². The van der Waals surface area contributed by atoms with Crippen molar-refractivity contribution in [2.75, 3.05) is 11.9 Å². The Morgan fingerprint density at radius 1 is 1.18 bits per heavy atom. The fourth-order valence-electron chi connectivity index (χ4n) is 2.03. The smallest absolute Gasteiger partial charge is 0.413 e. The molecule has 0 unspecified atom stereocenters. The summed E-state index contributed by atoms with van der Waals surface area (Å²) >= 11 is 1.65. The number of rotatable bonds is 3. The zero-order chi connectivity index (χ0) is 15.7. The van der Waals surface area contributed by atoms with Crippen LogP contribution in [0.25, 0.3) is 11.0 Å². The Bertz CT molecular complexity index is 827. The maximum Gasteiger partial charge on any atom is 0.413 e. The average molecular weight is 313 g/mol. The molecule has 0 aliphatic heterocycles. The molecule has 0 bridgehead atoms. The number of aromatic amines is 1. The summed E-state index contributed by atoms with van der Waals surface area (Å²) in [5.74, 6) is 0.319. The number of aryl methyl sites for hydroxylation is 1. The van der Waals surface area contributed by atoms with Crippen molar-refractivity contribution in [1.82, 2.24) is 9.97 Å². The van der Waals surface area contributed by atoms with E-state index in [-0.39, 0.29) is 0 Å². The summed E-state index contributed by atoms with van der Waals surface area (Å²) in [5.41, 5.74) is 2.80. The first-order chi connectivity index (χ1) is 10.5. The normalized spacial score (nSPS) is 10.8. The number of imidazole rings is 1. The minimum Gasteiger partial charge on any atom is -0.465 e. The molecule has 1 heterocycles. The third-order valence-corrected chi connectivity index (χ3v) is 4.30. The van der Waals surface area contributed by atoms with E-state index >= 15 is 0 Å². The van der Waals surface area contributed by atoms with Gasteiger partial charge in [-0.15, -0.1) is 0 Å². The van der Waals surface area contributed by atoms with Crippen LogP contribution in [0, 0.1) is 6.92 Å². The summed E-state index contributed by atoms with van der Waals surface area (Å²) < 4.78 is 0. The number of hydrogen-bond acceptors (Lipinski definition) is 3. The van der Waals surface area contributed by atoms with Crippen LogP contribution in [-0.4, -0.2) is 28.2 Å². The Labute approximate surface area is 132 Å². The number of nitrogens with zero attached hydrogens (tertiary/aromatic N) is 2. The molecule has 2 aromatic carbocycles. The highest BCUT2D eigenvalue weighted by Crippen LogP contribution is 2.30. The monoisotopic (exact) mass is 313 g/mol. The van der Waals surface area contributed by atoms with Crippen LogP contribution in [0.1, 0.15) is 5.56 Å². The summed E-state index contributed by atoms with van der Waals surface area (Å²) in [6, 6.07) is 14.2. The number of H-pyrrole nitrogens is 1. The van der Waals surface area contributed by atoms with Crippen LogP contribution in [0.4, 0.5) is 10.7 Å². The van der Waals surface area contributed by atoms with E-state index in [1.807, 2.05) is 18.2 Å². The van der Waals surface area contributed by atoms with Gasteiger partial charge in [-0.25, -0.2) is 9.78 Å². The summed E-state index contributed by atoms with van der Waals surface area (Å²) in [4.78, 5) is 21.6. The zero-order valence-electron chi connectivity index (χ0n) is 12.2. The van der Waals surface area contributed by atoms with Crippen molar-refractivity contribution in [3.63, 3.8) is 0 Å². The lowest BCUT2D eigenvalue weighted by atomic mass is 10.2. The van der Waals surface area contributed by atoms with Crippen LogP contribution in [0.3, 0.4) is 0 Å². The molecule has 22 heavy (non-hydrogen) atoms. The quantitative estimate of drug-likeness (QED) is 0.762. The second-order valence-electron chi connectivity index (χ2n) is 5.00. The molecule has 0 fully saturated rings. The van der Waals surface area contributed by atoms with Crippen molar-refractivity contribution in [3.8, 4) is 0 Å². The number of carboxylic acid groups (broad SMARTS) is 1. The van der Waals surface area contributed by atoms with Gasteiger partial charge < -0.3 is 10.1 Å². The Morgan fingerprint density at radius 3 is 2.55 bits per heavy atom. The first-order valence-corrected chi connectivity index (χ1v) is 7.55. The van der Waals surface area contributed by atoms with E-state index < -0.39 is 6.09 Å². The second-order valence-corrected chi connectivity index (χ2v) is 6.14. The minimum absolute atomic E-state index is 0.319. The van der Waals surface area contributed by atoms with E-state index in [9.17, 15) is 4.79 Å². The van der Waals surface area contributed by atoms with Crippen LogP contribution in [0.2, 0.25) is 0 Å².